The number of urea groups is 1. The zero-order chi connectivity index (χ0) is 22.9. The largest absolute Gasteiger partial charge is 0.393 e. The van der Waals surface area contributed by atoms with Crippen LogP contribution in [0, 0.1) is 5.82 Å². The van der Waals surface area contributed by atoms with Crippen molar-refractivity contribution >= 4 is 11.9 Å². The molecule has 2 bridgehead atoms. The molecule has 3 amide bonds. The molecule has 3 aliphatic heterocycles. The van der Waals surface area contributed by atoms with Gasteiger partial charge in [-0.05, 0) is 62.8 Å². The molecule has 0 saturated carbocycles. The number of aromatic nitrogens is 1. The Morgan fingerprint density at radius 1 is 1.03 bits per heavy atom. The van der Waals surface area contributed by atoms with E-state index in [-0.39, 0.29) is 42.0 Å². The maximum Gasteiger partial charge on any atom is 0.320 e. The van der Waals surface area contributed by atoms with Crippen LogP contribution in [0.25, 0.3) is 11.3 Å². The zero-order valence-corrected chi connectivity index (χ0v) is 18.5. The van der Waals surface area contributed by atoms with Crippen LogP contribution < -0.4 is 5.32 Å². The number of fused-ring (bicyclic) bond motifs is 2. The van der Waals surface area contributed by atoms with E-state index in [1.165, 1.54) is 18.3 Å². The van der Waals surface area contributed by atoms with E-state index >= 15 is 0 Å². The van der Waals surface area contributed by atoms with Crippen LogP contribution in [0.3, 0.4) is 0 Å². The lowest BCUT2D eigenvalue weighted by Gasteiger charge is -2.42. The van der Waals surface area contributed by atoms with E-state index in [0.29, 0.717) is 42.8 Å². The predicted molar refractivity (Wildman–Crippen MR) is 121 cm³/mol. The monoisotopic (exact) mass is 452 g/mol. The Hall–Kier alpha value is -3.00. The summed E-state index contributed by atoms with van der Waals surface area (Å²) < 4.78 is 13.5. The number of carbonyl (C=O) groups is 2. The number of halogens is 1. The van der Waals surface area contributed by atoms with Crippen molar-refractivity contribution in [2.75, 3.05) is 13.1 Å². The van der Waals surface area contributed by atoms with Gasteiger partial charge in [0.05, 0.1) is 17.4 Å². The molecule has 3 atom stereocenters. The zero-order valence-electron chi connectivity index (χ0n) is 18.5. The van der Waals surface area contributed by atoms with Gasteiger partial charge in [0.1, 0.15) is 5.82 Å². The average molecular weight is 453 g/mol. The Kier molecular flexibility index (Phi) is 6.01. The van der Waals surface area contributed by atoms with Gasteiger partial charge in [0, 0.05) is 43.0 Å². The Labute approximate surface area is 192 Å². The molecule has 5 rings (SSSR count). The number of carbonyl (C=O) groups excluding carboxylic acids is 2. The molecule has 7 nitrogen and oxygen atoms in total. The van der Waals surface area contributed by atoms with E-state index in [4.69, 9.17) is 0 Å². The van der Waals surface area contributed by atoms with Gasteiger partial charge in [-0.3, -0.25) is 9.78 Å². The summed E-state index contributed by atoms with van der Waals surface area (Å²) in [5.41, 5.74) is 1.74. The highest BCUT2D eigenvalue weighted by atomic mass is 19.1. The van der Waals surface area contributed by atoms with Gasteiger partial charge in [-0.1, -0.05) is 12.1 Å². The molecule has 1 aromatic carbocycles. The number of pyridine rings is 1. The van der Waals surface area contributed by atoms with Crippen molar-refractivity contribution in [1.82, 2.24) is 20.1 Å². The normalized spacial score (nSPS) is 25.2. The van der Waals surface area contributed by atoms with E-state index < -0.39 is 0 Å². The summed E-state index contributed by atoms with van der Waals surface area (Å²) in [5.74, 6) is -0.504. The highest BCUT2D eigenvalue weighted by Gasteiger charge is 2.45. The molecule has 4 heterocycles. The van der Waals surface area contributed by atoms with E-state index in [9.17, 15) is 19.1 Å². The molecular formula is C25H29FN4O3. The first-order chi connectivity index (χ1) is 16.0. The highest BCUT2D eigenvalue weighted by Crippen LogP contribution is 2.37. The number of nitrogens with zero attached hydrogens (tertiary/aromatic N) is 3. The number of likely N-dealkylation sites (tertiary alicyclic amines) is 1. The Morgan fingerprint density at radius 2 is 1.76 bits per heavy atom. The molecule has 174 valence electrons. The molecule has 2 aromatic rings. The summed E-state index contributed by atoms with van der Waals surface area (Å²) in [4.78, 5) is 34.1. The lowest BCUT2D eigenvalue weighted by atomic mass is 9.97. The Bertz CT molecular complexity index is 1010. The number of hydrogen-bond acceptors (Lipinski definition) is 4. The Balaban J connectivity index is 1.19. The van der Waals surface area contributed by atoms with Crippen molar-refractivity contribution in [3.05, 3.63) is 54.0 Å². The van der Waals surface area contributed by atoms with Crippen molar-refractivity contribution in [3.8, 4) is 11.3 Å². The number of nitrogens with one attached hydrogen (secondary N) is 1. The second-order valence-electron chi connectivity index (χ2n) is 9.38. The van der Waals surface area contributed by atoms with Gasteiger partial charge in [0.15, 0.2) is 0 Å². The van der Waals surface area contributed by atoms with Gasteiger partial charge >= 0.3 is 6.03 Å². The minimum atomic E-state index is -0.326. The predicted octanol–water partition coefficient (Wildman–Crippen LogP) is 3.19. The first-order valence-corrected chi connectivity index (χ1v) is 11.8. The van der Waals surface area contributed by atoms with Gasteiger partial charge in [-0.15, -0.1) is 0 Å². The van der Waals surface area contributed by atoms with Crippen LogP contribution in [-0.2, 0) is 0 Å². The molecule has 0 radical (unpaired) electrons. The maximum atomic E-state index is 13.5. The quantitative estimate of drug-likeness (QED) is 0.749. The van der Waals surface area contributed by atoms with Crippen molar-refractivity contribution in [1.29, 1.82) is 0 Å². The molecule has 3 aliphatic rings. The third-order valence-corrected chi connectivity index (χ3v) is 7.17. The van der Waals surface area contributed by atoms with Crippen LogP contribution >= 0.6 is 0 Å². The van der Waals surface area contributed by atoms with Crippen LogP contribution in [0.15, 0.2) is 42.6 Å². The molecule has 33 heavy (non-hydrogen) atoms. The number of aliphatic hydroxyl groups excluding tert-OH is 1. The molecule has 0 spiro atoms. The van der Waals surface area contributed by atoms with E-state index in [1.54, 1.807) is 24.3 Å². The molecule has 3 saturated heterocycles. The fourth-order valence-electron chi connectivity index (χ4n) is 5.44. The fraction of sp³-hybridized carbons (Fsp3) is 0.480. The van der Waals surface area contributed by atoms with Gasteiger partial charge in [-0.25, -0.2) is 9.18 Å². The number of rotatable bonds is 3. The number of benzene rings is 1. The second-order valence-corrected chi connectivity index (χ2v) is 9.38. The van der Waals surface area contributed by atoms with Gasteiger partial charge < -0.3 is 20.2 Å². The van der Waals surface area contributed by atoms with Crippen LogP contribution in [0.4, 0.5) is 9.18 Å². The smallest absolute Gasteiger partial charge is 0.320 e. The summed E-state index contributed by atoms with van der Waals surface area (Å²) in [6.07, 6.45) is 5.92. The SMILES string of the molecule is O=C(NC1C[C@H]2CC[C@@H](C1)N2C(=O)N1CCC(O)CC1)c1ccc(-c2cccc(F)c2)nc1. The van der Waals surface area contributed by atoms with E-state index in [1.807, 2.05) is 9.80 Å². The Morgan fingerprint density at radius 3 is 2.39 bits per heavy atom. The highest BCUT2D eigenvalue weighted by molar-refractivity contribution is 5.94. The first-order valence-electron chi connectivity index (χ1n) is 11.8. The van der Waals surface area contributed by atoms with E-state index in [0.717, 1.165) is 25.7 Å². The second kappa shape index (κ2) is 9.09. The van der Waals surface area contributed by atoms with Crippen molar-refractivity contribution in [2.24, 2.45) is 0 Å². The van der Waals surface area contributed by atoms with Crippen LogP contribution in [0.1, 0.15) is 48.9 Å². The topological polar surface area (TPSA) is 85.8 Å². The maximum absolute atomic E-state index is 13.5. The van der Waals surface area contributed by atoms with Gasteiger partial charge in [0.2, 0.25) is 0 Å². The van der Waals surface area contributed by atoms with Crippen LogP contribution in [0.2, 0.25) is 0 Å². The standard InChI is InChI=1S/C25H29FN4O3/c26-18-3-1-2-16(12-18)23-7-4-17(15-27-23)24(32)28-19-13-20-5-6-21(14-19)30(20)25(33)29-10-8-22(31)9-11-29/h1-4,7,12,15,19-22,31H,5-6,8-11,13-14H2,(H,28,32)/t19?,20-,21+. The fourth-order valence-corrected chi connectivity index (χ4v) is 5.44. The third-order valence-electron chi connectivity index (χ3n) is 7.17. The minimum Gasteiger partial charge on any atom is -0.393 e. The molecule has 3 fully saturated rings. The third kappa shape index (κ3) is 4.57. The summed E-state index contributed by atoms with van der Waals surface area (Å²) in [7, 11) is 0. The summed E-state index contributed by atoms with van der Waals surface area (Å²) in [6, 6.07) is 10.0. The van der Waals surface area contributed by atoms with E-state index in [2.05, 4.69) is 10.3 Å². The molecular weight excluding hydrogens is 423 g/mol. The first kappa shape index (κ1) is 21.8. The van der Waals surface area contributed by atoms with Crippen LogP contribution in [-0.4, -0.2) is 69.1 Å². The van der Waals surface area contributed by atoms with Crippen LogP contribution in [0.5, 0.6) is 0 Å². The lowest BCUT2D eigenvalue weighted by molar-refractivity contribution is 0.0623. The lowest BCUT2D eigenvalue weighted by Crippen LogP contribution is -2.57. The number of hydrogen-bond donors (Lipinski definition) is 2. The molecule has 2 N–H and O–H groups in total. The molecule has 1 unspecified atom stereocenters. The van der Waals surface area contributed by atoms with Gasteiger partial charge in [-0.2, -0.15) is 0 Å². The summed E-state index contributed by atoms with van der Waals surface area (Å²) in [5, 5.41) is 12.8. The van der Waals surface area contributed by atoms with Crippen molar-refractivity contribution < 1.29 is 19.1 Å². The summed E-state index contributed by atoms with van der Waals surface area (Å²) >= 11 is 0. The molecule has 1 aromatic heterocycles. The number of aliphatic hydroxyl groups is 1. The van der Waals surface area contributed by atoms with Crippen molar-refractivity contribution in [3.63, 3.8) is 0 Å². The average Bonchev–Trinajstić information content (AvgIpc) is 3.09. The minimum absolute atomic E-state index is 0.0186. The molecule has 8 heteroatoms. The summed E-state index contributed by atoms with van der Waals surface area (Å²) in [6.45, 7) is 1.21. The van der Waals surface area contributed by atoms with Gasteiger partial charge in [0.25, 0.3) is 5.91 Å². The molecule has 0 aliphatic carbocycles. The van der Waals surface area contributed by atoms with Crippen molar-refractivity contribution in [2.45, 2.75) is 62.8 Å². The number of amides is 3. The number of piperidine rings is 2.